The van der Waals surface area contributed by atoms with Crippen molar-refractivity contribution in [2.75, 3.05) is 19.6 Å². The van der Waals surface area contributed by atoms with Crippen molar-refractivity contribution in [3.63, 3.8) is 0 Å². The second-order valence-corrected chi connectivity index (χ2v) is 8.62. The van der Waals surface area contributed by atoms with Crippen molar-refractivity contribution in [3.8, 4) is 6.01 Å². The summed E-state index contributed by atoms with van der Waals surface area (Å²) in [7, 11) is 0. The van der Waals surface area contributed by atoms with E-state index in [0.29, 0.717) is 31.1 Å². The van der Waals surface area contributed by atoms with Crippen LogP contribution in [0.15, 0.2) is 12.4 Å². The van der Waals surface area contributed by atoms with Gasteiger partial charge < -0.3 is 14.4 Å². The van der Waals surface area contributed by atoms with Crippen molar-refractivity contribution in [3.05, 3.63) is 17.4 Å². The summed E-state index contributed by atoms with van der Waals surface area (Å²) >= 11 is 5.80. The zero-order chi connectivity index (χ0) is 20.3. The molecule has 3 rings (SSSR count). The third-order valence-corrected chi connectivity index (χ3v) is 4.92. The highest BCUT2D eigenvalue weighted by molar-refractivity contribution is 6.30. The molecule has 2 fully saturated rings. The molecule has 2 aliphatic rings. The van der Waals surface area contributed by atoms with E-state index < -0.39 is 17.7 Å². The van der Waals surface area contributed by atoms with Gasteiger partial charge in [0.05, 0.1) is 24.0 Å². The molecule has 154 valence electrons. The predicted octanol–water partition coefficient (Wildman–Crippen LogP) is 2.90. The average Bonchev–Trinajstić information content (AvgIpc) is 3.12. The van der Waals surface area contributed by atoms with Gasteiger partial charge in [0.25, 0.3) is 0 Å². The Hall–Kier alpha value is -2.09. The predicted molar refractivity (Wildman–Crippen MR) is 103 cm³/mol. The maximum absolute atomic E-state index is 13.1. The van der Waals surface area contributed by atoms with E-state index in [-0.39, 0.29) is 18.0 Å². The van der Waals surface area contributed by atoms with Crippen LogP contribution in [0.4, 0.5) is 4.79 Å². The van der Waals surface area contributed by atoms with E-state index in [2.05, 4.69) is 9.97 Å². The Kier molecular flexibility index (Phi) is 6.27. The summed E-state index contributed by atoms with van der Waals surface area (Å²) in [6.07, 6.45) is 5.43. The number of carbonyl (C=O) groups is 2. The lowest BCUT2D eigenvalue weighted by molar-refractivity contribution is -0.138. The molecule has 0 radical (unpaired) electrons. The van der Waals surface area contributed by atoms with Crippen LogP contribution in [0.2, 0.25) is 5.02 Å². The standard InChI is InChI=1S/C19H27ClN4O4/c1-19(2,3)28-18(26)24-9-5-7-15(24)16(25)23-8-4-6-14(12-23)27-17-21-10-13(20)11-22-17/h10-11,14-15H,4-9,12H2,1-3H3. The van der Waals surface area contributed by atoms with Crippen molar-refractivity contribution >= 4 is 23.6 Å². The zero-order valence-electron chi connectivity index (χ0n) is 16.6. The molecule has 8 nitrogen and oxygen atoms in total. The monoisotopic (exact) mass is 410 g/mol. The Morgan fingerprint density at radius 2 is 1.82 bits per heavy atom. The van der Waals surface area contributed by atoms with Gasteiger partial charge in [-0.2, -0.15) is 0 Å². The van der Waals surface area contributed by atoms with Gasteiger partial charge in [0, 0.05) is 13.1 Å². The lowest BCUT2D eigenvalue weighted by atomic mass is 10.1. The maximum atomic E-state index is 13.1. The highest BCUT2D eigenvalue weighted by Gasteiger charge is 2.39. The molecule has 2 amide bonds. The second kappa shape index (κ2) is 8.51. The van der Waals surface area contributed by atoms with Gasteiger partial charge >= 0.3 is 12.1 Å². The number of piperidine rings is 1. The summed E-state index contributed by atoms with van der Waals surface area (Å²) in [5.74, 6) is -0.0475. The first-order chi connectivity index (χ1) is 13.2. The molecule has 2 unspecified atom stereocenters. The summed E-state index contributed by atoms with van der Waals surface area (Å²) in [5, 5.41) is 0.441. The quantitative estimate of drug-likeness (QED) is 0.761. The highest BCUT2D eigenvalue weighted by Crippen LogP contribution is 2.24. The Bertz CT molecular complexity index is 707. The van der Waals surface area contributed by atoms with Crippen molar-refractivity contribution in [2.45, 2.75) is 64.2 Å². The molecule has 0 aromatic carbocycles. The number of rotatable bonds is 3. The number of amides is 2. The summed E-state index contributed by atoms with van der Waals surface area (Å²) in [5.41, 5.74) is -0.587. The summed E-state index contributed by atoms with van der Waals surface area (Å²) in [4.78, 5) is 37.0. The largest absolute Gasteiger partial charge is 0.458 e. The van der Waals surface area contributed by atoms with Gasteiger partial charge in [-0.3, -0.25) is 9.69 Å². The van der Waals surface area contributed by atoms with Crippen LogP contribution in [0.25, 0.3) is 0 Å². The molecule has 2 aliphatic heterocycles. The number of aromatic nitrogens is 2. The minimum Gasteiger partial charge on any atom is -0.458 e. The van der Waals surface area contributed by atoms with Crippen LogP contribution in [0.1, 0.15) is 46.5 Å². The van der Waals surface area contributed by atoms with Crippen LogP contribution >= 0.6 is 11.6 Å². The fourth-order valence-electron chi connectivity index (χ4n) is 3.52. The minimum absolute atomic E-state index is 0.0475. The Balaban J connectivity index is 1.61. The van der Waals surface area contributed by atoms with Crippen LogP contribution < -0.4 is 4.74 Å². The van der Waals surface area contributed by atoms with Crippen LogP contribution in [0.3, 0.4) is 0 Å². The zero-order valence-corrected chi connectivity index (χ0v) is 17.3. The Morgan fingerprint density at radius 3 is 2.50 bits per heavy atom. The average molecular weight is 411 g/mol. The molecule has 2 atom stereocenters. The first-order valence-electron chi connectivity index (χ1n) is 9.65. The molecule has 0 aliphatic carbocycles. The van der Waals surface area contributed by atoms with Crippen molar-refractivity contribution in [1.29, 1.82) is 0 Å². The highest BCUT2D eigenvalue weighted by atomic mass is 35.5. The molecule has 0 spiro atoms. The van der Waals surface area contributed by atoms with Gasteiger partial charge in [-0.05, 0) is 46.5 Å². The lowest BCUT2D eigenvalue weighted by Gasteiger charge is -2.36. The SMILES string of the molecule is CC(C)(C)OC(=O)N1CCCC1C(=O)N1CCCC(Oc2ncc(Cl)cn2)C1. The number of carbonyl (C=O) groups excluding carboxylic acids is 2. The Labute approximate surface area is 170 Å². The molecular formula is C19H27ClN4O4. The minimum atomic E-state index is -0.587. The molecule has 0 N–H and O–H groups in total. The van der Waals surface area contributed by atoms with Gasteiger partial charge in [0.1, 0.15) is 17.7 Å². The summed E-state index contributed by atoms with van der Waals surface area (Å²) in [6, 6.07) is -0.222. The molecule has 28 heavy (non-hydrogen) atoms. The van der Waals surface area contributed by atoms with E-state index in [1.54, 1.807) is 9.80 Å². The van der Waals surface area contributed by atoms with Crippen molar-refractivity contribution in [2.24, 2.45) is 0 Å². The third-order valence-electron chi connectivity index (χ3n) is 4.72. The molecule has 2 saturated heterocycles. The lowest BCUT2D eigenvalue weighted by Crippen LogP contribution is -2.53. The summed E-state index contributed by atoms with van der Waals surface area (Å²) < 4.78 is 11.3. The van der Waals surface area contributed by atoms with Gasteiger partial charge in [0.15, 0.2) is 0 Å². The first kappa shape index (κ1) is 20.6. The smallest absolute Gasteiger partial charge is 0.410 e. The topological polar surface area (TPSA) is 84.9 Å². The van der Waals surface area contributed by atoms with E-state index in [0.717, 1.165) is 19.3 Å². The van der Waals surface area contributed by atoms with Crippen LogP contribution in [0, 0.1) is 0 Å². The van der Waals surface area contributed by atoms with E-state index in [1.165, 1.54) is 12.4 Å². The second-order valence-electron chi connectivity index (χ2n) is 8.18. The van der Waals surface area contributed by atoms with Crippen molar-refractivity contribution < 1.29 is 19.1 Å². The molecule has 3 heterocycles. The number of halogens is 1. The molecule has 0 saturated carbocycles. The molecule has 1 aromatic rings. The Morgan fingerprint density at radius 1 is 1.14 bits per heavy atom. The molecular weight excluding hydrogens is 384 g/mol. The number of hydrogen-bond donors (Lipinski definition) is 0. The van der Waals surface area contributed by atoms with Gasteiger partial charge in [-0.15, -0.1) is 0 Å². The maximum Gasteiger partial charge on any atom is 0.410 e. The van der Waals surface area contributed by atoms with E-state index in [9.17, 15) is 9.59 Å². The molecule has 9 heteroatoms. The number of hydrogen-bond acceptors (Lipinski definition) is 6. The van der Waals surface area contributed by atoms with Gasteiger partial charge in [-0.25, -0.2) is 14.8 Å². The molecule has 0 bridgehead atoms. The van der Waals surface area contributed by atoms with E-state index in [1.807, 2.05) is 20.8 Å². The van der Waals surface area contributed by atoms with Crippen molar-refractivity contribution in [1.82, 2.24) is 19.8 Å². The number of nitrogens with zero attached hydrogens (tertiary/aromatic N) is 4. The van der Waals surface area contributed by atoms with Gasteiger partial charge in [0.2, 0.25) is 5.91 Å². The number of likely N-dealkylation sites (tertiary alicyclic amines) is 2. The van der Waals surface area contributed by atoms with E-state index >= 15 is 0 Å². The van der Waals surface area contributed by atoms with Crippen LogP contribution in [0.5, 0.6) is 6.01 Å². The molecule has 1 aromatic heterocycles. The fraction of sp³-hybridized carbons (Fsp3) is 0.684. The summed E-state index contributed by atoms with van der Waals surface area (Å²) in [6.45, 7) is 7.11. The fourth-order valence-corrected chi connectivity index (χ4v) is 3.62. The van der Waals surface area contributed by atoms with Crippen LogP contribution in [-0.2, 0) is 9.53 Å². The normalized spacial score (nSPS) is 22.9. The van der Waals surface area contributed by atoms with Gasteiger partial charge in [-0.1, -0.05) is 11.6 Å². The third kappa shape index (κ3) is 5.25. The van der Waals surface area contributed by atoms with E-state index in [4.69, 9.17) is 21.1 Å². The van der Waals surface area contributed by atoms with Crippen LogP contribution in [-0.4, -0.2) is 69.1 Å². The first-order valence-corrected chi connectivity index (χ1v) is 10.0. The number of ether oxygens (including phenoxy) is 2.